The Morgan fingerprint density at radius 3 is 2.23 bits per heavy atom. The smallest absolute Gasteiger partial charge is 0.267 e. The number of carbonyl (C=O) groups is 1. The molecular formula is C24H19FN4O. The predicted octanol–water partition coefficient (Wildman–Crippen LogP) is 4.83. The van der Waals surface area contributed by atoms with Crippen LogP contribution in [0.5, 0.6) is 0 Å². The van der Waals surface area contributed by atoms with E-state index in [4.69, 9.17) is 0 Å². The van der Waals surface area contributed by atoms with E-state index < -0.39 is 11.7 Å². The summed E-state index contributed by atoms with van der Waals surface area (Å²) >= 11 is 0. The van der Waals surface area contributed by atoms with Crippen LogP contribution in [0.2, 0.25) is 0 Å². The first-order chi connectivity index (χ1) is 14.6. The van der Waals surface area contributed by atoms with Crippen LogP contribution in [0.25, 0.3) is 16.9 Å². The average Bonchev–Trinajstić information content (AvgIpc) is 3.24. The number of amides is 1. The third kappa shape index (κ3) is 4.03. The molecule has 5 nitrogen and oxygen atoms in total. The highest BCUT2D eigenvalue weighted by Crippen LogP contribution is 2.23. The minimum absolute atomic E-state index is 0.334. The molecule has 1 N–H and O–H groups in total. The molecule has 0 unspecified atom stereocenters. The van der Waals surface area contributed by atoms with E-state index in [0.717, 1.165) is 11.3 Å². The zero-order chi connectivity index (χ0) is 20.9. The van der Waals surface area contributed by atoms with Crippen LogP contribution in [-0.4, -0.2) is 21.4 Å². The molecule has 1 aromatic heterocycles. The Kier molecular flexibility index (Phi) is 5.48. The van der Waals surface area contributed by atoms with E-state index in [2.05, 4.69) is 15.6 Å². The fourth-order valence-corrected chi connectivity index (χ4v) is 3.07. The van der Waals surface area contributed by atoms with Crippen molar-refractivity contribution in [2.24, 2.45) is 5.10 Å². The van der Waals surface area contributed by atoms with E-state index in [1.165, 1.54) is 6.07 Å². The van der Waals surface area contributed by atoms with Crippen LogP contribution >= 0.6 is 0 Å². The predicted molar refractivity (Wildman–Crippen MR) is 115 cm³/mol. The third-order valence-electron chi connectivity index (χ3n) is 4.62. The zero-order valence-corrected chi connectivity index (χ0v) is 16.3. The van der Waals surface area contributed by atoms with Gasteiger partial charge in [-0.3, -0.25) is 4.79 Å². The SMILES string of the molecule is C/C(=N\NC(=O)c1cn(-c2ccccc2)nc1-c1ccccc1)c1ccccc1F. The molecular weight excluding hydrogens is 379 g/mol. The molecule has 148 valence electrons. The van der Waals surface area contributed by atoms with Gasteiger partial charge in [0.15, 0.2) is 0 Å². The van der Waals surface area contributed by atoms with Gasteiger partial charge >= 0.3 is 0 Å². The number of para-hydroxylation sites is 1. The maximum atomic E-state index is 14.0. The minimum Gasteiger partial charge on any atom is -0.267 e. The van der Waals surface area contributed by atoms with Gasteiger partial charge in [-0.1, -0.05) is 66.7 Å². The summed E-state index contributed by atoms with van der Waals surface area (Å²) in [5, 5.41) is 8.71. The van der Waals surface area contributed by atoms with Gasteiger partial charge < -0.3 is 0 Å². The lowest BCUT2D eigenvalue weighted by Crippen LogP contribution is -2.20. The molecule has 0 spiro atoms. The number of hydrogen-bond donors (Lipinski definition) is 1. The van der Waals surface area contributed by atoms with Gasteiger partial charge in [-0.05, 0) is 25.1 Å². The van der Waals surface area contributed by atoms with Crippen LogP contribution in [0.3, 0.4) is 0 Å². The van der Waals surface area contributed by atoms with Gasteiger partial charge in [-0.2, -0.15) is 10.2 Å². The Morgan fingerprint density at radius 1 is 0.900 bits per heavy atom. The molecule has 6 heteroatoms. The fourth-order valence-electron chi connectivity index (χ4n) is 3.07. The molecule has 0 saturated heterocycles. The number of hydrogen-bond acceptors (Lipinski definition) is 3. The summed E-state index contributed by atoms with van der Waals surface area (Å²) < 4.78 is 15.6. The van der Waals surface area contributed by atoms with Crippen LogP contribution < -0.4 is 5.43 Å². The highest BCUT2D eigenvalue weighted by atomic mass is 19.1. The summed E-state index contributed by atoms with van der Waals surface area (Å²) in [7, 11) is 0. The van der Waals surface area contributed by atoms with E-state index in [-0.39, 0.29) is 0 Å². The van der Waals surface area contributed by atoms with Gasteiger partial charge in [-0.25, -0.2) is 14.5 Å². The van der Waals surface area contributed by atoms with Gasteiger partial charge in [0, 0.05) is 17.3 Å². The highest BCUT2D eigenvalue weighted by Gasteiger charge is 2.18. The van der Waals surface area contributed by atoms with Crippen molar-refractivity contribution in [3.63, 3.8) is 0 Å². The summed E-state index contributed by atoms with van der Waals surface area (Å²) in [5.74, 6) is -0.818. The van der Waals surface area contributed by atoms with Gasteiger partial charge in [0.05, 0.1) is 17.0 Å². The molecule has 0 bridgehead atoms. The summed E-state index contributed by atoms with van der Waals surface area (Å²) in [6.07, 6.45) is 1.67. The molecule has 0 atom stereocenters. The number of aromatic nitrogens is 2. The second-order valence-corrected chi connectivity index (χ2v) is 6.66. The van der Waals surface area contributed by atoms with E-state index in [9.17, 15) is 9.18 Å². The summed E-state index contributed by atoms with van der Waals surface area (Å²) in [6.45, 7) is 1.64. The molecule has 0 saturated carbocycles. The lowest BCUT2D eigenvalue weighted by molar-refractivity contribution is 0.0955. The van der Waals surface area contributed by atoms with Crippen molar-refractivity contribution in [2.45, 2.75) is 6.92 Å². The van der Waals surface area contributed by atoms with Crippen LogP contribution in [0.15, 0.2) is 96.2 Å². The van der Waals surface area contributed by atoms with Crippen LogP contribution in [-0.2, 0) is 0 Å². The average molecular weight is 398 g/mol. The van der Waals surface area contributed by atoms with Gasteiger partial charge in [0.2, 0.25) is 0 Å². The molecule has 3 aromatic carbocycles. The van der Waals surface area contributed by atoms with E-state index in [0.29, 0.717) is 22.5 Å². The van der Waals surface area contributed by atoms with E-state index in [1.807, 2.05) is 60.7 Å². The first-order valence-corrected chi connectivity index (χ1v) is 9.43. The van der Waals surface area contributed by atoms with Crippen molar-refractivity contribution < 1.29 is 9.18 Å². The number of halogens is 1. The molecule has 0 fully saturated rings. The Bertz CT molecular complexity index is 1200. The first-order valence-electron chi connectivity index (χ1n) is 9.43. The monoisotopic (exact) mass is 398 g/mol. The van der Waals surface area contributed by atoms with Crippen molar-refractivity contribution >= 4 is 11.6 Å². The first kappa shape index (κ1) is 19.3. The van der Waals surface area contributed by atoms with Gasteiger partial charge in [-0.15, -0.1) is 0 Å². The lowest BCUT2D eigenvalue weighted by atomic mass is 10.1. The summed E-state index contributed by atoms with van der Waals surface area (Å²) in [6, 6.07) is 25.3. The van der Waals surface area contributed by atoms with Crippen molar-refractivity contribution in [1.82, 2.24) is 15.2 Å². The molecule has 1 amide bonds. The molecule has 0 aliphatic carbocycles. The Hall–Kier alpha value is -4.06. The summed E-state index contributed by atoms with van der Waals surface area (Å²) in [4.78, 5) is 12.9. The van der Waals surface area contributed by atoms with Crippen molar-refractivity contribution in [3.05, 3.63) is 108 Å². The number of carbonyl (C=O) groups excluding carboxylic acids is 1. The van der Waals surface area contributed by atoms with Crippen LogP contribution in [0.1, 0.15) is 22.8 Å². The summed E-state index contributed by atoms with van der Waals surface area (Å²) in [5.41, 5.74) is 5.79. The second-order valence-electron chi connectivity index (χ2n) is 6.66. The highest BCUT2D eigenvalue weighted by molar-refractivity contribution is 6.03. The second kappa shape index (κ2) is 8.53. The topological polar surface area (TPSA) is 59.3 Å². The quantitative estimate of drug-likeness (QED) is 0.387. The lowest BCUT2D eigenvalue weighted by Gasteiger charge is -2.04. The molecule has 0 radical (unpaired) electrons. The van der Waals surface area contributed by atoms with Crippen LogP contribution in [0.4, 0.5) is 4.39 Å². The normalized spacial score (nSPS) is 11.3. The Morgan fingerprint density at radius 2 is 1.53 bits per heavy atom. The molecule has 1 heterocycles. The largest absolute Gasteiger partial charge is 0.275 e. The standard InChI is InChI=1S/C24H19FN4O/c1-17(20-14-8-9-15-22(20)25)26-27-24(30)21-16-29(19-12-6-3-7-13-19)28-23(21)18-10-4-2-5-11-18/h2-16H,1H3,(H,27,30)/b26-17+. The molecule has 4 aromatic rings. The van der Waals surface area contributed by atoms with E-state index in [1.54, 1.807) is 36.0 Å². The maximum Gasteiger partial charge on any atom is 0.275 e. The van der Waals surface area contributed by atoms with Crippen molar-refractivity contribution in [3.8, 4) is 16.9 Å². The fraction of sp³-hybridized carbons (Fsp3) is 0.0417. The number of nitrogens with one attached hydrogen (secondary N) is 1. The Balaban J connectivity index is 1.68. The number of nitrogens with zero attached hydrogens (tertiary/aromatic N) is 3. The maximum absolute atomic E-state index is 14.0. The van der Waals surface area contributed by atoms with Gasteiger partial charge in [0.1, 0.15) is 11.5 Å². The molecule has 0 aliphatic rings. The number of benzene rings is 3. The van der Waals surface area contributed by atoms with Crippen molar-refractivity contribution in [2.75, 3.05) is 0 Å². The number of hydrazone groups is 1. The van der Waals surface area contributed by atoms with E-state index >= 15 is 0 Å². The minimum atomic E-state index is -0.424. The van der Waals surface area contributed by atoms with Crippen LogP contribution in [0, 0.1) is 5.82 Å². The number of rotatable bonds is 5. The molecule has 4 rings (SSSR count). The van der Waals surface area contributed by atoms with Crippen molar-refractivity contribution in [1.29, 1.82) is 0 Å². The molecule has 30 heavy (non-hydrogen) atoms. The zero-order valence-electron chi connectivity index (χ0n) is 16.3. The van der Waals surface area contributed by atoms with Gasteiger partial charge in [0.25, 0.3) is 5.91 Å². The third-order valence-corrected chi connectivity index (χ3v) is 4.62. The molecule has 0 aliphatic heterocycles. The Labute approximate surface area is 173 Å².